The van der Waals surface area contributed by atoms with Crippen LogP contribution in [0, 0.1) is 0 Å². The highest BCUT2D eigenvalue weighted by Gasteiger charge is 2.24. The minimum absolute atomic E-state index is 0. The summed E-state index contributed by atoms with van der Waals surface area (Å²) in [5, 5.41) is 0.632. The van der Waals surface area contributed by atoms with Crippen LogP contribution in [0.25, 0.3) is 10.2 Å². The van der Waals surface area contributed by atoms with Crippen molar-refractivity contribution in [2.45, 2.75) is 13.8 Å². The summed E-state index contributed by atoms with van der Waals surface area (Å²) in [6.07, 6.45) is 0. The molecule has 0 saturated carbocycles. The molecular formula is C22H27BrClN3O3S. The molecule has 168 valence electrons. The van der Waals surface area contributed by atoms with Crippen molar-refractivity contribution < 1.29 is 14.3 Å². The predicted molar refractivity (Wildman–Crippen MR) is 134 cm³/mol. The van der Waals surface area contributed by atoms with Gasteiger partial charge in [0.2, 0.25) is 0 Å². The number of ether oxygens (including phenoxy) is 2. The molecule has 1 amide bonds. The quantitative estimate of drug-likeness (QED) is 0.368. The molecule has 2 aromatic carbocycles. The van der Waals surface area contributed by atoms with Crippen molar-refractivity contribution in [2.75, 3.05) is 45.3 Å². The Bertz CT molecular complexity index is 968. The molecule has 0 bridgehead atoms. The molecule has 0 saturated heterocycles. The summed E-state index contributed by atoms with van der Waals surface area (Å²) in [5.74, 6) is 1.30. The number of fused-ring (bicyclic) bond motifs is 1. The number of carbonyl (C=O) groups is 1. The summed E-state index contributed by atoms with van der Waals surface area (Å²) in [6, 6.07) is 11.1. The number of likely N-dealkylation sites (N-methyl/N-ethyl adjacent to an activating group) is 1. The van der Waals surface area contributed by atoms with Crippen LogP contribution in [0.1, 0.15) is 24.2 Å². The average molecular weight is 529 g/mol. The lowest BCUT2D eigenvalue weighted by Crippen LogP contribution is -2.38. The zero-order valence-corrected chi connectivity index (χ0v) is 21.3. The van der Waals surface area contributed by atoms with Crippen molar-refractivity contribution in [3.63, 3.8) is 0 Å². The van der Waals surface area contributed by atoms with Gasteiger partial charge in [0.05, 0.1) is 14.2 Å². The number of hydrogen-bond donors (Lipinski definition) is 0. The van der Waals surface area contributed by atoms with E-state index in [9.17, 15) is 4.79 Å². The highest BCUT2D eigenvalue weighted by molar-refractivity contribution is 9.10. The van der Waals surface area contributed by atoms with Crippen molar-refractivity contribution in [1.29, 1.82) is 0 Å². The minimum Gasteiger partial charge on any atom is -0.495 e. The molecule has 3 rings (SSSR count). The maximum Gasteiger partial charge on any atom is 0.260 e. The molecule has 0 aliphatic carbocycles. The van der Waals surface area contributed by atoms with Crippen molar-refractivity contribution >= 4 is 60.9 Å². The summed E-state index contributed by atoms with van der Waals surface area (Å²) in [6.45, 7) is 7.41. The normalized spacial score (nSPS) is 10.8. The molecule has 0 unspecified atom stereocenters. The van der Waals surface area contributed by atoms with Gasteiger partial charge in [-0.3, -0.25) is 9.69 Å². The minimum atomic E-state index is -0.0772. The van der Waals surface area contributed by atoms with E-state index >= 15 is 0 Å². The third-order valence-corrected chi connectivity index (χ3v) is 6.62. The number of aromatic nitrogens is 1. The van der Waals surface area contributed by atoms with Crippen LogP contribution in [0.3, 0.4) is 0 Å². The van der Waals surface area contributed by atoms with E-state index in [1.165, 1.54) is 11.3 Å². The Morgan fingerprint density at radius 1 is 1.00 bits per heavy atom. The molecule has 1 heterocycles. The maximum atomic E-state index is 13.4. The average Bonchev–Trinajstić information content (AvgIpc) is 3.21. The first-order valence-corrected chi connectivity index (χ1v) is 11.4. The van der Waals surface area contributed by atoms with Gasteiger partial charge in [0.25, 0.3) is 5.91 Å². The van der Waals surface area contributed by atoms with Crippen molar-refractivity contribution in [3.05, 3.63) is 46.4 Å². The van der Waals surface area contributed by atoms with Crippen molar-refractivity contribution in [2.24, 2.45) is 0 Å². The van der Waals surface area contributed by atoms with Crippen LogP contribution in [-0.4, -0.2) is 56.2 Å². The lowest BCUT2D eigenvalue weighted by molar-refractivity contribution is 0.0983. The second kappa shape index (κ2) is 11.7. The first-order chi connectivity index (χ1) is 14.5. The van der Waals surface area contributed by atoms with Crippen LogP contribution in [0.4, 0.5) is 5.13 Å². The fraction of sp³-hybridized carbons (Fsp3) is 0.364. The summed E-state index contributed by atoms with van der Waals surface area (Å²) in [5.41, 5.74) is 1.32. The van der Waals surface area contributed by atoms with Gasteiger partial charge in [-0.1, -0.05) is 41.1 Å². The molecule has 0 N–H and O–H groups in total. The van der Waals surface area contributed by atoms with E-state index < -0.39 is 0 Å². The van der Waals surface area contributed by atoms with E-state index in [-0.39, 0.29) is 18.3 Å². The van der Waals surface area contributed by atoms with Crippen LogP contribution in [0.5, 0.6) is 11.5 Å². The van der Waals surface area contributed by atoms with Gasteiger partial charge in [-0.05, 0) is 49.5 Å². The number of nitrogens with zero attached hydrogens (tertiary/aromatic N) is 3. The van der Waals surface area contributed by atoms with Gasteiger partial charge in [-0.2, -0.15) is 0 Å². The zero-order chi connectivity index (χ0) is 21.7. The highest BCUT2D eigenvalue weighted by Crippen LogP contribution is 2.40. The van der Waals surface area contributed by atoms with E-state index in [4.69, 9.17) is 14.5 Å². The monoisotopic (exact) mass is 527 g/mol. The van der Waals surface area contributed by atoms with Crippen LogP contribution in [-0.2, 0) is 0 Å². The van der Waals surface area contributed by atoms with Gasteiger partial charge in [-0.15, -0.1) is 12.4 Å². The lowest BCUT2D eigenvalue weighted by Gasteiger charge is -2.24. The first-order valence-electron chi connectivity index (χ1n) is 9.83. The summed E-state index contributed by atoms with van der Waals surface area (Å²) >= 11 is 4.87. The van der Waals surface area contributed by atoms with E-state index in [1.807, 2.05) is 36.4 Å². The molecular weight excluding hydrogens is 502 g/mol. The Balaban J connectivity index is 0.00000341. The Morgan fingerprint density at radius 2 is 1.61 bits per heavy atom. The smallest absolute Gasteiger partial charge is 0.260 e. The van der Waals surface area contributed by atoms with Crippen molar-refractivity contribution in [3.8, 4) is 11.5 Å². The van der Waals surface area contributed by atoms with E-state index in [1.54, 1.807) is 19.1 Å². The SMILES string of the molecule is CCN(CC)CCN(C(=O)c1ccc(Br)cc1)c1nc2c(OC)ccc(OC)c2s1.Cl. The third kappa shape index (κ3) is 5.68. The Labute approximate surface area is 201 Å². The second-order valence-electron chi connectivity index (χ2n) is 6.63. The Kier molecular flexibility index (Phi) is 9.55. The van der Waals surface area contributed by atoms with Gasteiger partial charge in [-0.25, -0.2) is 4.98 Å². The number of halogens is 2. The highest BCUT2D eigenvalue weighted by atomic mass is 79.9. The molecule has 0 radical (unpaired) electrons. The topological polar surface area (TPSA) is 54.9 Å². The first kappa shape index (κ1) is 25.4. The molecule has 6 nitrogen and oxygen atoms in total. The number of hydrogen-bond acceptors (Lipinski definition) is 6. The van der Waals surface area contributed by atoms with Gasteiger partial charge in [0.15, 0.2) is 5.13 Å². The number of benzene rings is 2. The lowest BCUT2D eigenvalue weighted by atomic mass is 10.2. The van der Waals surface area contributed by atoms with Crippen LogP contribution in [0.2, 0.25) is 0 Å². The van der Waals surface area contributed by atoms with E-state index in [0.717, 1.165) is 28.8 Å². The van der Waals surface area contributed by atoms with Crippen LogP contribution < -0.4 is 14.4 Å². The van der Waals surface area contributed by atoms with Gasteiger partial charge in [0, 0.05) is 23.1 Å². The van der Waals surface area contributed by atoms with E-state index in [2.05, 4.69) is 34.7 Å². The molecule has 0 fully saturated rings. The number of anilines is 1. The number of amides is 1. The standard InChI is InChI=1S/C22H26BrN3O3S.ClH/c1-5-25(6-2)13-14-26(21(27)15-7-9-16(23)10-8-15)22-24-19-17(28-3)11-12-18(29-4)20(19)30-22;/h7-12H,5-6,13-14H2,1-4H3;1H. The van der Waals surface area contributed by atoms with Gasteiger partial charge in [0.1, 0.15) is 21.7 Å². The van der Waals surface area contributed by atoms with Crippen molar-refractivity contribution in [1.82, 2.24) is 9.88 Å². The zero-order valence-electron chi connectivity index (χ0n) is 18.1. The largest absolute Gasteiger partial charge is 0.495 e. The number of carbonyl (C=O) groups excluding carboxylic acids is 1. The van der Waals surface area contributed by atoms with Gasteiger partial charge >= 0.3 is 0 Å². The molecule has 31 heavy (non-hydrogen) atoms. The summed E-state index contributed by atoms with van der Waals surface area (Å²) < 4.78 is 12.8. The molecule has 0 spiro atoms. The van der Waals surface area contributed by atoms with Crippen LogP contribution in [0.15, 0.2) is 40.9 Å². The Morgan fingerprint density at radius 3 is 2.19 bits per heavy atom. The number of thiazole rings is 1. The molecule has 0 aliphatic heterocycles. The molecule has 0 atom stereocenters. The van der Waals surface area contributed by atoms with Gasteiger partial charge < -0.3 is 14.4 Å². The third-order valence-electron chi connectivity index (χ3n) is 5.00. The fourth-order valence-corrected chi connectivity index (χ4v) is 4.57. The number of rotatable bonds is 9. The molecule has 1 aromatic heterocycles. The summed E-state index contributed by atoms with van der Waals surface area (Å²) in [7, 11) is 3.25. The fourth-order valence-electron chi connectivity index (χ4n) is 3.20. The predicted octanol–water partition coefficient (Wildman–Crippen LogP) is 5.49. The van der Waals surface area contributed by atoms with Crippen LogP contribution >= 0.6 is 39.7 Å². The maximum absolute atomic E-state index is 13.4. The number of methoxy groups -OCH3 is 2. The Hall–Kier alpha value is -1.87. The summed E-state index contributed by atoms with van der Waals surface area (Å²) in [4.78, 5) is 22.2. The molecule has 9 heteroatoms. The molecule has 0 aliphatic rings. The van der Waals surface area contributed by atoms with E-state index in [0.29, 0.717) is 34.3 Å². The molecule has 3 aromatic rings. The second-order valence-corrected chi connectivity index (χ2v) is 8.53.